The van der Waals surface area contributed by atoms with Gasteiger partial charge in [0.1, 0.15) is 17.4 Å². The van der Waals surface area contributed by atoms with Crippen molar-refractivity contribution in [3.05, 3.63) is 65.2 Å². The molecule has 2 nitrogen and oxygen atoms in total. The predicted molar refractivity (Wildman–Crippen MR) is 112 cm³/mol. The van der Waals surface area contributed by atoms with Crippen LogP contribution >= 0.6 is 0 Å². The van der Waals surface area contributed by atoms with Crippen LogP contribution in [0.5, 0.6) is 5.75 Å². The van der Waals surface area contributed by atoms with Crippen LogP contribution in [0.3, 0.4) is 0 Å². The first-order valence-electron chi connectivity index (χ1n) is 10.9. The number of likely N-dealkylation sites (tertiary alicyclic amines) is 1. The van der Waals surface area contributed by atoms with Crippen LogP contribution in [0.2, 0.25) is 0 Å². The normalized spacial score (nSPS) is 23.8. The molecule has 2 aromatic rings. The zero-order chi connectivity index (χ0) is 20.2. The molecule has 0 spiro atoms. The van der Waals surface area contributed by atoms with Gasteiger partial charge in [-0.15, -0.1) is 0 Å². The Morgan fingerprint density at radius 3 is 2.24 bits per heavy atom. The summed E-state index contributed by atoms with van der Waals surface area (Å²) < 4.78 is 32.5. The molecule has 156 valence electrons. The minimum Gasteiger partial charge on any atom is -0.497 e. The number of methoxy groups -OCH3 is 1. The largest absolute Gasteiger partial charge is 0.497 e. The lowest BCUT2D eigenvalue weighted by Crippen LogP contribution is -2.43. The minimum absolute atomic E-state index is 0.118. The smallest absolute Gasteiger partial charge is 0.126 e. The van der Waals surface area contributed by atoms with E-state index in [1.165, 1.54) is 37.3 Å². The van der Waals surface area contributed by atoms with Crippen LogP contribution in [-0.2, 0) is 6.42 Å². The summed E-state index contributed by atoms with van der Waals surface area (Å²) in [5.74, 6) is 1.58. The van der Waals surface area contributed by atoms with Gasteiger partial charge in [0.15, 0.2) is 0 Å². The van der Waals surface area contributed by atoms with Crippen LogP contribution in [0.15, 0.2) is 42.5 Å². The van der Waals surface area contributed by atoms with Gasteiger partial charge in [-0.3, -0.25) is 0 Å². The van der Waals surface area contributed by atoms with Gasteiger partial charge in [0.2, 0.25) is 0 Å². The van der Waals surface area contributed by atoms with Crippen LogP contribution in [0.25, 0.3) is 0 Å². The van der Waals surface area contributed by atoms with Crippen LogP contribution in [0.1, 0.15) is 55.6 Å². The number of halogens is 2. The molecule has 1 saturated carbocycles. The monoisotopic (exact) mass is 399 g/mol. The highest BCUT2D eigenvalue weighted by Gasteiger charge is 2.29. The molecule has 1 aliphatic carbocycles. The van der Waals surface area contributed by atoms with Gasteiger partial charge in [0.25, 0.3) is 0 Å². The van der Waals surface area contributed by atoms with Crippen molar-refractivity contribution < 1.29 is 13.5 Å². The molecule has 2 aromatic carbocycles. The highest BCUT2D eigenvalue weighted by molar-refractivity contribution is 5.30. The van der Waals surface area contributed by atoms with Crippen molar-refractivity contribution in [1.82, 2.24) is 4.90 Å². The molecule has 29 heavy (non-hydrogen) atoms. The van der Waals surface area contributed by atoms with Gasteiger partial charge in [-0.05, 0) is 111 Å². The van der Waals surface area contributed by atoms with E-state index in [1.54, 1.807) is 25.3 Å². The van der Waals surface area contributed by atoms with Crippen LogP contribution in [0.4, 0.5) is 8.78 Å². The highest BCUT2D eigenvalue weighted by Crippen LogP contribution is 2.36. The Balaban J connectivity index is 1.26. The van der Waals surface area contributed by atoms with Crippen LogP contribution in [-0.4, -0.2) is 31.1 Å². The molecule has 4 heteroatoms. The Bertz CT molecular complexity index is 791. The molecular formula is C25H31F2NO. The minimum atomic E-state index is -0.154. The van der Waals surface area contributed by atoms with Crippen LogP contribution in [0, 0.1) is 17.6 Å². The van der Waals surface area contributed by atoms with Crippen molar-refractivity contribution in [3.8, 4) is 5.75 Å². The second kappa shape index (κ2) is 9.25. The molecule has 0 unspecified atom stereocenters. The molecule has 0 aromatic heterocycles. The summed E-state index contributed by atoms with van der Waals surface area (Å²) in [6, 6.07) is 12.8. The third kappa shape index (κ3) is 4.98. The van der Waals surface area contributed by atoms with Crippen molar-refractivity contribution in [1.29, 1.82) is 0 Å². The number of piperidine rings is 1. The maximum atomic E-state index is 14.1. The van der Waals surface area contributed by atoms with Gasteiger partial charge >= 0.3 is 0 Å². The molecule has 2 fully saturated rings. The number of hydrogen-bond donors (Lipinski definition) is 0. The summed E-state index contributed by atoms with van der Waals surface area (Å²) >= 11 is 0. The number of ether oxygens (including phenoxy) is 1. The van der Waals surface area contributed by atoms with Crippen molar-refractivity contribution in [2.75, 3.05) is 20.2 Å². The quantitative estimate of drug-likeness (QED) is 0.616. The van der Waals surface area contributed by atoms with Crippen molar-refractivity contribution in [3.63, 3.8) is 0 Å². The predicted octanol–water partition coefficient (Wildman–Crippen LogP) is 5.95. The summed E-state index contributed by atoms with van der Waals surface area (Å²) in [6.07, 6.45) is 7.88. The van der Waals surface area contributed by atoms with Crippen LogP contribution < -0.4 is 4.74 Å². The fourth-order valence-electron chi connectivity index (χ4n) is 5.18. The standard InChI is InChI=1S/C25H31F2NO/c1-29-24-10-11-25(27)21(17-24)16-18-12-14-28(15-13-18)23-8-4-20(5-9-23)19-2-6-22(26)7-3-19/h2-3,6-7,10-11,17-18,20,23H,4-5,8-9,12-16H2,1H3. The second-order valence-corrected chi connectivity index (χ2v) is 8.70. The Labute approximate surface area is 172 Å². The molecule has 0 N–H and O–H groups in total. The maximum absolute atomic E-state index is 14.1. The molecule has 0 amide bonds. The first-order chi connectivity index (χ1) is 14.1. The number of nitrogens with zero attached hydrogens (tertiary/aromatic N) is 1. The van der Waals surface area contributed by atoms with E-state index in [1.807, 2.05) is 18.2 Å². The van der Waals surface area contributed by atoms with E-state index in [0.29, 0.717) is 17.9 Å². The summed E-state index contributed by atoms with van der Waals surface area (Å²) in [5.41, 5.74) is 2.06. The molecule has 1 saturated heterocycles. The van der Waals surface area contributed by atoms with Crippen molar-refractivity contribution >= 4 is 0 Å². The van der Waals surface area contributed by atoms with Gasteiger partial charge < -0.3 is 9.64 Å². The molecule has 0 radical (unpaired) electrons. The summed E-state index contributed by atoms with van der Waals surface area (Å²) in [6.45, 7) is 2.23. The van der Waals surface area contributed by atoms with Gasteiger partial charge in [0, 0.05) is 6.04 Å². The van der Waals surface area contributed by atoms with Gasteiger partial charge in [0.05, 0.1) is 7.11 Å². The van der Waals surface area contributed by atoms with Gasteiger partial charge in [-0.1, -0.05) is 12.1 Å². The second-order valence-electron chi connectivity index (χ2n) is 8.70. The SMILES string of the molecule is COc1ccc(F)c(CC2CCN(C3CCC(c4ccc(F)cc4)CC3)CC2)c1. The fraction of sp³-hybridized carbons (Fsp3) is 0.520. The fourth-order valence-corrected chi connectivity index (χ4v) is 5.18. The van der Waals surface area contributed by atoms with E-state index in [-0.39, 0.29) is 11.6 Å². The van der Waals surface area contributed by atoms with E-state index in [0.717, 1.165) is 43.7 Å². The lowest BCUT2D eigenvalue weighted by Gasteiger charge is -2.41. The zero-order valence-corrected chi connectivity index (χ0v) is 17.2. The molecule has 0 atom stereocenters. The molecule has 1 heterocycles. The Kier molecular flexibility index (Phi) is 6.49. The zero-order valence-electron chi connectivity index (χ0n) is 17.2. The lowest BCUT2D eigenvalue weighted by atomic mass is 9.80. The molecule has 0 bridgehead atoms. The number of rotatable bonds is 5. The summed E-state index contributed by atoms with van der Waals surface area (Å²) in [5, 5.41) is 0. The van der Waals surface area contributed by atoms with E-state index >= 15 is 0 Å². The molecular weight excluding hydrogens is 368 g/mol. The topological polar surface area (TPSA) is 12.5 Å². The first kappa shape index (κ1) is 20.3. The third-order valence-corrected chi connectivity index (χ3v) is 6.97. The Morgan fingerprint density at radius 1 is 0.897 bits per heavy atom. The average molecular weight is 400 g/mol. The molecule has 1 aliphatic heterocycles. The Morgan fingerprint density at radius 2 is 1.59 bits per heavy atom. The lowest BCUT2D eigenvalue weighted by molar-refractivity contribution is 0.102. The summed E-state index contributed by atoms with van der Waals surface area (Å²) in [4.78, 5) is 2.65. The summed E-state index contributed by atoms with van der Waals surface area (Å²) in [7, 11) is 1.63. The first-order valence-corrected chi connectivity index (χ1v) is 10.9. The average Bonchev–Trinajstić information content (AvgIpc) is 2.76. The number of benzene rings is 2. The molecule has 2 aliphatic rings. The van der Waals surface area contributed by atoms with Crippen molar-refractivity contribution in [2.45, 2.75) is 56.9 Å². The molecule has 4 rings (SSSR count). The highest BCUT2D eigenvalue weighted by atomic mass is 19.1. The van der Waals surface area contributed by atoms with E-state index in [4.69, 9.17) is 4.74 Å². The van der Waals surface area contributed by atoms with E-state index in [2.05, 4.69) is 4.90 Å². The number of hydrogen-bond acceptors (Lipinski definition) is 2. The van der Waals surface area contributed by atoms with E-state index < -0.39 is 0 Å². The maximum Gasteiger partial charge on any atom is 0.126 e. The van der Waals surface area contributed by atoms with Gasteiger partial charge in [-0.25, -0.2) is 8.78 Å². The van der Waals surface area contributed by atoms with Crippen molar-refractivity contribution in [2.24, 2.45) is 5.92 Å². The van der Waals surface area contributed by atoms with Gasteiger partial charge in [-0.2, -0.15) is 0 Å². The third-order valence-electron chi connectivity index (χ3n) is 6.97. The Hall–Kier alpha value is -1.94. The van der Waals surface area contributed by atoms with E-state index in [9.17, 15) is 8.78 Å².